The molecule has 1 aliphatic carbocycles. The summed E-state index contributed by atoms with van der Waals surface area (Å²) in [5.74, 6) is 0.0563. The fraction of sp³-hybridized carbons (Fsp3) is 0.429. The molecule has 0 bridgehead atoms. The number of benzene rings is 1. The number of nitrogens with zero attached hydrogens (tertiary/aromatic N) is 1. The summed E-state index contributed by atoms with van der Waals surface area (Å²) >= 11 is 7.30. The molecule has 0 unspecified atom stereocenters. The van der Waals surface area contributed by atoms with E-state index in [2.05, 4.69) is 5.32 Å². The fourth-order valence-electron chi connectivity index (χ4n) is 1.66. The summed E-state index contributed by atoms with van der Waals surface area (Å²) in [6.07, 6.45) is 2.08. The number of hydrogen-bond acceptors (Lipinski definition) is 4. The second kappa shape index (κ2) is 7.04. The number of anilines is 1. The molecular weight excluding hydrogens is 310 g/mol. The van der Waals surface area contributed by atoms with E-state index in [9.17, 15) is 9.59 Å². The standard InChI is InChI=1S/C14H18ClN3O2S/c1-18(7-13(19)17-9-2-3-9)14(20)8-21-10-4-5-12(16)11(15)6-10/h4-6,9H,2-3,7-8,16H2,1H3,(H,17,19). The van der Waals surface area contributed by atoms with Crippen molar-refractivity contribution in [3.05, 3.63) is 23.2 Å². The highest BCUT2D eigenvalue weighted by Gasteiger charge is 2.24. The van der Waals surface area contributed by atoms with E-state index in [1.54, 1.807) is 19.2 Å². The van der Waals surface area contributed by atoms with Crippen LogP contribution in [0.2, 0.25) is 5.02 Å². The minimum Gasteiger partial charge on any atom is -0.398 e. The zero-order valence-electron chi connectivity index (χ0n) is 11.8. The Hall–Kier alpha value is -1.40. The average Bonchev–Trinajstić information content (AvgIpc) is 3.23. The summed E-state index contributed by atoms with van der Waals surface area (Å²) in [5, 5.41) is 3.33. The molecule has 0 spiro atoms. The Bertz CT molecular complexity index is 549. The molecule has 1 fully saturated rings. The number of rotatable bonds is 6. The van der Waals surface area contributed by atoms with Gasteiger partial charge in [-0.25, -0.2) is 0 Å². The van der Waals surface area contributed by atoms with E-state index >= 15 is 0 Å². The molecule has 5 nitrogen and oxygen atoms in total. The maximum absolute atomic E-state index is 12.0. The second-order valence-electron chi connectivity index (χ2n) is 5.06. The first-order chi connectivity index (χ1) is 9.95. The van der Waals surface area contributed by atoms with Gasteiger partial charge in [0.1, 0.15) is 0 Å². The van der Waals surface area contributed by atoms with Crippen molar-refractivity contribution in [1.82, 2.24) is 10.2 Å². The van der Waals surface area contributed by atoms with Crippen LogP contribution in [0.4, 0.5) is 5.69 Å². The number of carbonyl (C=O) groups excluding carboxylic acids is 2. The lowest BCUT2D eigenvalue weighted by molar-refractivity contribution is -0.132. The van der Waals surface area contributed by atoms with Crippen LogP contribution in [-0.4, -0.2) is 42.1 Å². The molecule has 1 aromatic carbocycles. The Balaban J connectivity index is 1.77. The molecular formula is C14H18ClN3O2S. The lowest BCUT2D eigenvalue weighted by atomic mass is 10.3. The van der Waals surface area contributed by atoms with Gasteiger partial charge in [-0.15, -0.1) is 11.8 Å². The maximum atomic E-state index is 12.0. The molecule has 0 radical (unpaired) electrons. The van der Waals surface area contributed by atoms with Crippen LogP contribution in [0.5, 0.6) is 0 Å². The normalized spacial score (nSPS) is 13.8. The molecule has 0 aliphatic heterocycles. The molecule has 114 valence electrons. The van der Waals surface area contributed by atoms with E-state index in [-0.39, 0.29) is 24.1 Å². The third-order valence-corrected chi connectivity index (χ3v) is 4.39. The largest absolute Gasteiger partial charge is 0.398 e. The highest BCUT2D eigenvalue weighted by atomic mass is 35.5. The van der Waals surface area contributed by atoms with Gasteiger partial charge in [-0.3, -0.25) is 9.59 Å². The molecule has 0 atom stereocenters. The van der Waals surface area contributed by atoms with Crippen molar-refractivity contribution >= 4 is 40.9 Å². The number of thioether (sulfide) groups is 1. The SMILES string of the molecule is CN(CC(=O)NC1CC1)C(=O)CSc1ccc(N)c(Cl)c1. The Labute approximate surface area is 133 Å². The first-order valence-corrected chi connectivity index (χ1v) is 8.03. The zero-order valence-corrected chi connectivity index (χ0v) is 13.3. The Morgan fingerprint density at radius 3 is 2.81 bits per heavy atom. The molecule has 1 saturated carbocycles. The first kappa shape index (κ1) is 16.0. The molecule has 7 heteroatoms. The van der Waals surface area contributed by atoms with E-state index in [1.807, 2.05) is 6.07 Å². The third-order valence-electron chi connectivity index (χ3n) is 3.08. The minimum atomic E-state index is -0.103. The van der Waals surface area contributed by atoms with Crippen LogP contribution >= 0.6 is 23.4 Å². The van der Waals surface area contributed by atoms with Crippen LogP contribution in [0.25, 0.3) is 0 Å². The monoisotopic (exact) mass is 327 g/mol. The number of nitrogen functional groups attached to an aromatic ring is 1. The summed E-state index contributed by atoms with van der Waals surface area (Å²) in [6, 6.07) is 5.57. The predicted molar refractivity (Wildman–Crippen MR) is 85.4 cm³/mol. The van der Waals surface area contributed by atoms with E-state index in [4.69, 9.17) is 17.3 Å². The summed E-state index contributed by atoms with van der Waals surface area (Å²) in [4.78, 5) is 25.9. The molecule has 3 N–H and O–H groups in total. The Kier molecular flexibility index (Phi) is 5.36. The number of halogens is 1. The number of likely N-dealkylation sites (N-methyl/N-ethyl adjacent to an activating group) is 1. The smallest absolute Gasteiger partial charge is 0.239 e. The van der Waals surface area contributed by atoms with Gasteiger partial charge in [-0.1, -0.05) is 11.6 Å². The van der Waals surface area contributed by atoms with Gasteiger partial charge in [0.2, 0.25) is 11.8 Å². The van der Waals surface area contributed by atoms with Gasteiger partial charge in [0.15, 0.2) is 0 Å². The number of nitrogens with two attached hydrogens (primary N) is 1. The Morgan fingerprint density at radius 1 is 1.48 bits per heavy atom. The van der Waals surface area contributed by atoms with Crippen LogP contribution in [0.3, 0.4) is 0 Å². The summed E-state index contributed by atoms with van der Waals surface area (Å²) in [7, 11) is 1.63. The van der Waals surface area contributed by atoms with Gasteiger partial charge in [0, 0.05) is 18.0 Å². The molecule has 2 rings (SSSR count). The second-order valence-corrected chi connectivity index (χ2v) is 6.52. The van der Waals surface area contributed by atoms with E-state index in [1.165, 1.54) is 16.7 Å². The molecule has 1 aliphatic rings. The highest BCUT2D eigenvalue weighted by molar-refractivity contribution is 8.00. The van der Waals surface area contributed by atoms with Crippen LogP contribution < -0.4 is 11.1 Å². The quantitative estimate of drug-likeness (QED) is 0.616. The molecule has 2 amide bonds. The van der Waals surface area contributed by atoms with Gasteiger partial charge in [0.25, 0.3) is 0 Å². The summed E-state index contributed by atoms with van der Waals surface area (Å²) in [5.41, 5.74) is 6.15. The van der Waals surface area contributed by atoms with E-state index < -0.39 is 0 Å². The van der Waals surface area contributed by atoms with Crippen molar-refractivity contribution in [3.63, 3.8) is 0 Å². The van der Waals surface area contributed by atoms with Crippen molar-refractivity contribution < 1.29 is 9.59 Å². The number of amides is 2. The van der Waals surface area contributed by atoms with Crippen molar-refractivity contribution in [3.8, 4) is 0 Å². The van der Waals surface area contributed by atoms with Crippen LogP contribution in [0, 0.1) is 0 Å². The van der Waals surface area contributed by atoms with Gasteiger partial charge in [-0.05, 0) is 31.0 Å². The van der Waals surface area contributed by atoms with Crippen molar-refractivity contribution in [2.24, 2.45) is 0 Å². The maximum Gasteiger partial charge on any atom is 0.239 e. The lowest BCUT2D eigenvalue weighted by Crippen LogP contribution is -2.39. The number of nitrogens with one attached hydrogen (secondary N) is 1. The number of hydrogen-bond donors (Lipinski definition) is 2. The van der Waals surface area contributed by atoms with Crippen LogP contribution in [0.15, 0.2) is 23.1 Å². The van der Waals surface area contributed by atoms with Crippen molar-refractivity contribution in [2.45, 2.75) is 23.8 Å². The van der Waals surface area contributed by atoms with Gasteiger partial charge < -0.3 is 16.0 Å². The van der Waals surface area contributed by atoms with Gasteiger partial charge in [0.05, 0.1) is 23.0 Å². The number of carbonyl (C=O) groups is 2. The van der Waals surface area contributed by atoms with Gasteiger partial charge in [-0.2, -0.15) is 0 Å². The fourth-order valence-corrected chi connectivity index (χ4v) is 2.78. The topological polar surface area (TPSA) is 75.4 Å². The molecule has 0 heterocycles. The van der Waals surface area contributed by atoms with E-state index in [0.29, 0.717) is 16.8 Å². The summed E-state index contributed by atoms with van der Waals surface area (Å²) in [6.45, 7) is 0.0956. The molecule has 21 heavy (non-hydrogen) atoms. The first-order valence-electron chi connectivity index (χ1n) is 6.67. The Morgan fingerprint density at radius 2 is 2.19 bits per heavy atom. The summed E-state index contributed by atoms with van der Waals surface area (Å²) < 4.78 is 0. The van der Waals surface area contributed by atoms with Crippen molar-refractivity contribution in [2.75, 3.05) is 25.1 Å². The average molecular weight is 328 g/mol. The molecule has 1 aromatic rings. The van der Waals surface area contributed by atoms with Gasteiger partial charge >= 0.3 is 0 Å². The zero-order chi connectivity index (χ0) is 15.4. The third kappa shape index (κ3) is 5.13. The predicted octanol–water partition coefficient (Wildman–Crippen LogP) is 1.75. The van der Waals surface area contributed by atoms with Crippen LogP contribution in [0.1, 0.15) is 12.8 Å². The van der Waals surface area contributed by atoms with Crippen LogP contribution in [-0.2, 0) is 9.59 Å². The molecule has 0 aromatic heterocycles. The minimum absolute atomic E-state index is 0.0956. The van der Waals surface area contributed by atoms with Crippen molar-refractivity contribution in [1.29, 1.82) is 0 Å². The lowest BCUT2D eigenvalue weighted by Gasteiger charge is -2.16. The molecule has 0 saturated heterocycles. The highest BCUT2D eigenvalue weighted by Crippen LogP contribution is 2.26. The van der Waals surface area contributed by atoms with E-state index in [0.717, 1.165) is 17.7 Å².